The number of hydrogen-bond acceptors (Lipinski definition) is 3. The van der Waals surface area contributed by atoms with Gasteiger partial charge in [-0.2, -0.15) is 0 Å². The minimum absolute atomic E-state index is 0.121. The Morgan fingerprint density at radius 2 is 1.94 bits per heavy atom. The van der Waals surface area contributed by atoms with Gasteiger partial charge in [-0.05, 0) is 37.5 Å². The first-order valence-corrected chi connectivity index (χ1v) is 9.23. The van der Waals surface area contributed by atoms with Gasteiger partial charge >= 0.3 is 0 Å². The highest BCUT2D eigenvalue weighted by atomic mass is 32.2. The Balaban J connectivity index is 2.03. The maximum atomic E-state index is 12.1. The lowest BCUT2D eigenvalue weighted by Crippen LogP contribution is -2.49. The summed E-state index contributed by atoms with van der Waals surface area (Å²) >= 11 is 0. The standard InChI is InChI=1S/C14H27NO2S/c1-2-11-6-5-7-12(10-11)14(15)13-8-3-4-9-18(13,16)17/h11-14H,2-10,15H2,1H3. The molecule has 1 aliphatic carbocycles. The fourth-order valence-electron chi connectivity index (χ4n) is 3.77. The van der Waals surface area contributed by atoms with Crippen molar-refractivity contribution in [3.05, 3.63) is 0 Å². The van der Waals surface area contributed by atoms with E-state index in [1.54, 1.807) is 0 Å². The number of sulfone groups is 1. The van der Waals surface area contributed by atoms with Gasteiger partial charge in [0, 0.05) is 6.04 Å². The van der Waals surface area contributed by atoms with Crippen LogP contribution in [0.25, 0.3) is 0 Å². The van der Waals surface area contributed by atoms with E-state index >= 15 is 0 Å². The third-order valence-corrected chi connectivity index (χ3v) is 7.33. The van der Waals surface area contributed by atoms with Crippen LogP contribution < -0.4 is 5.73 Å². The molecule has 0 amide bonds. The lowest BCUT2D eigenvalue weighted by Gasteiger charge is -2.37. The lowest BCUT2D eigenvalue weighted by atomic mass is 9.76. The molecule has 1 saturated heterocycles. The van der Waals surface area contributed by atoms with Gasteiger partial charge in [0.15, 0.2) is 9.84 Å². The molecule has 18 heavy (non-hydrogen) atoms. The first-order chi connectivity index (χ1) is 8.54. The van der Waals surface area contributed by atoms with Crippen molar-refractivity contribution in [2.24, 2.45) is 17.6 Å². The third-order valence-electron chi connectivity index (χ3n) is 5.00. The smallest absolute Gasteiger partial charge is 0.154 e. The molecule has 0 radical (unpaired) electrons. The van der Waals surface area contributed by atoms with Crippen LogP contribution in [-0.4, -0.2) is 25.5 Å². The summed E-state index contributed by atoms with van der Waals surface area (Å²) in [5, 5.41) is -0.258. The molecule has 2 aliphatic rings. The Kier molecular flexibility index (Phi) is 4.70. The van der Waals surface area contributed by atoms with Gasteiger partial charge < -0.3 is 5.73 Å². The van der Waals surface area contributed by atoms with Crippen LogP contribution in [0.1, 0.15) is 58.3 Å². The van der Waals surface area contributed by atoms with Gasteiger partial charge in [-0.15, -0.1) is 0 Å². The summed E-state index contributed by atoms with van der Waals surface area (Å²) < 4.78 is 24.3. The van der Waals surface area contributed by atoms with Crippen LogP contribution in [0.15, 0.2) is 0 Å². The van der Waals surface area contributed by atoms with Crippen LogP contribution in [0.4, 0.5) is 0 Å². The molecule has 4 unspecified atom stereocenters. The predicted octanol–water partition coefficient (Wildman–Crippen LogP) is 2.50. The summed E-state index contributed by atoms with van der Waals surface area (Å²) in [6.45, 7) is 2.23. The molecule has 1 aliphatic heterocycles. The summed E-state index contributed by atoms with van der Waals surface area (Å²) in [4.78, 5) is 0. The quantitative estimate of drug-likeness (QED) is 0.859. The predicted molar refractivity (Wildman–Crippen MR) is 75.1 cm³/mol. The lowest BCUT2D eigenvalue weighted by molar-refractivity contribution is 0.221. The summed E-state index contributed by atoms with van der Waals surface area (Å²) in [7, 11) is -2.92. The van der Waals surface area contributed by atoms with Gasteiger partial charge in [-0.3, -0.25) is 0 Å². The van der Waals surface area contributed by atoms with Gasteiger partial charge in [-0.1, -0.05) is 32.6 Å². The Bertz CT molecular complexity index is 366. The second-order valence-corrected chi connectivity index (χ2v) is 8.52. The largest absolute Gasteiger partial charge is 0.326 e. The highest BCUT2D eigenvalue weighted by Gasteiger charge is 2.38. The van der Waals surface area contributed by atoms with Crippen molar-refractivity contribution < 1.29 is 8.42 Å². The summed E-state index contributed by atoms with van der Waals surface area (Å²) in [6.07, 6.45) is 8.65. The average Bonchev–Trinajstić information content (AvgIpc) is 2.37. The van der Waals surface area contributed by atoms with Crippen molar-refractivity contribution in [3.63, 3.8) is 0 Å². The normalized spacial score (nSPS) is 38.2. The van der Waals surface area contributed by atoms with E-state index in [1.165, 1.54) is 19.3 Å². The van der Waals surface area contributed by atoms with Crippen LogP contribution in [0.3, 0.4) is 0 Å². The Morgan fingerprint density at radius 1 is 1.17 bits per heavy atom. The van der Waals surface area contributed by atoms with E-state index in [9.17, 15) is 8.42 Å². The topological polar surface area (TPSA) is 60.2 Å². The molecule has 1 saturated carbocycles. The molecule has 4 atom stereocenters. The molecular formula is C14H27NO2S. The van der Waals surface area contributed by atoms with Gasteiger partial charge in [-0.25, -0.2) is 8.42 Å². The van der Waals surface area contributed by atoms with E-state index in [-0.39, 0.29) is 11.3 Å². The van der Waals surface area contributed by atoms with Gasteiger partial charge in [0.05, 0.1) is 11.0 Å². The zero-order valence-electron chi connectivity index (χ0n) is 11.5. The second kappa shape index (κ2) is 5.91. The average molecular weight is 273 g/mol. The molecule has 4 heteroatoms. The Labute approximate surface area is 111 Å². The minimum Gasteiger partial charge on any atom is -0.326 e. The van der Waals surface area contributed by atoms with Gasteiger partial charge in [0.2, 0.25) is 0 Å². The minimum atomic E-state index is -2.92. The number of nitrogens with two attached hydrogens (primary N) is 1. The summed E-state index contributed by atoms with van der Waals surface area (Å²) in [5.74, 6) is 1.55. The van der Waals surface area contributed by atoms with E-state index < -0.39 is 9.84 Å². The van der Waals surface area contributed by atoms with Gasteiger partial charge in [0.1, 0.15) is 0 Å². The van der Waals surface area contributed by atoms with Crippen LogP contribution in [0, 0.1) is 11.8 Å². The molecule has 2 fully saturated rings. The van der Waals surface area contributed by atoms with Crippen LogP contribution in [0.5, 0.6) is 0 Å². The molecular weight excluding hydrogens is 246 g/mol. The first kappa shape index (κ1) is 14.3. The second-order valence-electron chi connectivity index (χ2n) is 6.18. The van der Waals surface area contributed by atoms with Crippen molar-refractivity contribution in [3.8, 4) is 0 Å². The molecule has 3 nitrogen and oxygen atoms in total. The SMILES string of the molecule is CCC1CCCC(C(N)C2CCCCS2(=O)=O)C1. The molecule has 0 aromatic heterocycles. The molecule has 2 N–H and O–H groups in total. The van der Waals surface area contributed by atoms with Crippen LogP contribution >= 0.6 is 0 Å². The van der Waals surface area contributed by atoms with Crippen molar-refractivity contribution in [2.45, 2.75) is 69.6 Å². The van der Waals surface area contributed by atoms with E-state index in [0.717, 1.165) is 38.0 Å². The van der Waals surface area contributed by atoms with Gasteiger partial charge in [0.25, 0.3) is 0 Å². The Hall–Kier alpha value is -0.0900. The summed E-state index contributed by atoms with van der Waals surface area (Å²) in [6, 6.07) is -0.121. The van der Waals surface area contributed by atoms with Crippen molar-refractivity contribution in [1.82, 2.24) is 0 Å². The first-order valence-electron chi connectivity index (χ1n) is 7.51. The molecule has 0 bridgehead atoms. The van der Waals surface area contributed by atoms with E-state index in [4.69, 9.17) is 5.73 Å². The highest BCUT2D eigenvalue weighted by Crippen LogP contribution is 2.36. The maximum absolute atomic E-state index is 12.1. The zero-order chi connectivity index (χ0) is 13.2. The molecule has 1 heterocycles. The van der Waals surface area contributed by atoms with Crippen molar-refractivity contribution in [2.75, 3.05) is 5.75 Å². The van der Waals surface area contributed by atoms with Crippen LogP contribution in [0.2, 0.25) is 0 Å². The number of hydrogen-bond donors (Lipinski definition) is 1. The van der Waals surface area contributed by atoms with E-state index in [0.29, 0.717) is 11.7 Å². The fraction of sp³-hybridized carbons (Fsp3) is 1.00. The zero-order valence-corrected chi connectivity index (χ0v) is 12.3. The van der Waals surface area contributed by atoms with Crippen LogP contribution in [-0.2, 0) is 9.84 Å². The summed E-state index contributed by atoms with van der Waals surface area (Å²) in [5.41, 5.74) is 6.34. The molecule has 0 spiro atoms. The molecule has 2 rings (SSSR count). The highest BCUT2D eigenvalue weighted by molar-refractivity contribution is 7.92. The molecule has 0 aromatic carbocycles. The monoisotopic (exact) mass is 273 g/mol. The van der Waals surface area contributed by atoms with E-state index in [2.05, 4.69) is 6.92 Å². The fourth-order valence-corrected chi connectivity index (χ4v) is 5.90. The Morgan fingerprint density at radius 3 is 2.61 bits per heavy atom. The van der Waals surface area contributed by atoms with Crippen molar-refractivity contribution in [1.29, 1.82) is 0 Å². The maximum Gasteiger partial charge on any atom is 0.154 e. The molecule has 0 aromatic rings. The van der Waals surface area contributed by atoms with Crippen molar-refractivity contribution >= 4 is 9.84 Å². The number of rotatable bonds is 3. The third kappa shape index (κ3) is 3.08. The molecule has 106 valence electrons. The van der Waals surface area contributed by atoms with E-state index in [1.807, 2.05) is 0 Å².